The average Bonchev–Trinajstić information content (AvgIpc) is 3.18. The Morgan fingerprint density at radius 3 is 2.86 bits per heavy atom. The van der Waals surface area contributed by atoms with Gasteiger partial charge in [-0.05, 0) is 24.3 Å². The molecule has 112 valence electrons. The van der Waals surface area contributed by atoms with Gasteiger partial charge in [-0.2, -0.15) is 5.10 Å². The molecule has 1 unspecified atom stereocenters. The van der Waals surface area contributed by atoms with Crippen LogP contribution in [-0.4, -0.2) is 39.5 Å². The minimum atomic E-state index is 0.142. The van der Waals surface area contributed by atoms with Crippen molar-refractivity contribution in [3.05, 3.63) is 30.6 Å². The highest BCUT2D eigenvalue weighted by molar-refractivity contribution is 5.97. The Morgan fingerprint density at radius 2 is 2.09 bits per heavy atom. The maximum atomic E-state index is 5.93. The fraction of sp³-hybridized carbons (Fsp3) is 0.267. The number of nitrogens with two attached hydrogens (primary N) is 1. The van der Waals surface area contributed by atoms with Crippen molar-refractivity contribution in [2.45, 2.75) is 12.5 Å². The normalized spacial score (nSPS) is 17.9. The van der Waals surface area contributed by atoms with Crippen LogP contribution in [0.3, 0.4) is 0 Å². The Morgan fingerprint density at radius 1 is 1.23 bits per heavy atom. The van der Waals surface area contributed by atoms with Crippen molar-refractivity contribution < 1.29 is 9.47 Å². The molecule has 0 radical (unpaired) electrons. The number of nitrogens with one attached hydrogen (secondary N) is 1. The summed E-state index contributed by atoms with van der Waals surface area (Å²) < 4.78 is 11.2. The fourth-order valence-electron chi connectivity index (χ4n) is 2.59. The third kappa shape index (κ3) is 2.25. The predicted octanol–water partition coefficient (Wildman–Crippen LogP) is 1.77. The maximum absolute atomic E-state index is 5.93. The number of nitrogens with zero attached hydrogens (tertiary/aromatic N) is 3. The molecule has 1 atom stereocenters. The van der Waals surface area contributed by atoms with Crippen molar-refractivity contribution in [3.63, 3.8) is 0 Å². The summed E-state index contributed by atoms with van der Waals surface area (Å²) in [5.41, 5.74) is 8.26. The molecule has 7 heteroatoms. The summed E-state index contributed by atoms with van der Waals surface area (Å²) in [4.78, 5) is 8.12. The van der Waals surface area contributed by atoms with Crippen molar-refractivity contribution in [1.29, 1.82) is 0 Å². The van der Waals surface area contributed by atoms with Gasteiger partial charge in [0.05, 0.1) is 24.3 Å². The lowest BCUT2D eigenvalue weighted by Gasteiger charge is -2.11. The van der Waals surface area contributed by atoms with E-state index in [4.69, 9.17) is 15.2 Å². The Hall–Kier alpha value is -2.67. The second kappa shape index (κ2) is 5.27. The van der Waals surface area contributed by atoms with Crippen LogP contribution < -0.4 is 10.5 Å². The van der Waals surface area contributed by atoms with Gasteiger partial charge >= 0.3 is 0 Å². The lowest BCUT2D eigenvalue weighted by molar-refractivity contribution is 0.141. The molecule has 1 aliphatic heterocycles. The van der Waals surface area contributed by atoms with Crippen molar-refractivity contribution in [1.82, 2.24) is 20.2 Å². The summed E-state index contributed by atoms with van der Waals surface area (Å²) in [5, 5.41) is 7.86. The molecule has 0 saturated carbocycles. The molecule has 3 aromatic rings. The number of aromatic amines is 1. The summed E-state index contributed by atoms with van der Waals surface area (Å²) in [6.07, 6.45) is 2.48. The third-order valence-corrected chi connectivity index (χ3v) is 3.71. The van der Waals surface area contributed by atoms with E-state index in [1.165, 1.54) is 6.33 Å². The number of hydrogen-bond acceptors (Lipinski definition) is 6. The van der Waals surface area contributed by atoms with E-state index in [1.807, 2.05) is 24.3 Å². The summed E-state index contributed by atoms with van der Waals surface area (Å²) in [5.74, 6) is 1.24. The quantitative estimate of drug-likeness (QED) is 0.764. The van der Waals surface area contributed by atoms with E-state index >= 15 is 0 Å². The first-order valence-electron chi connectivity index (χ1n) is 7.10. The molecular weight excluding hydrogens is 282 g/mol. The number of nitrogen functional groups attached to an aromatic ring is 1. The topological polar surface area (TPSA) is 98.9 Å². The van der Waals surface area contributed by atoms with Gasteiger partial charge in [-0.3, -0.25) is 5.10 Å². The molecule has 1 aromatic carbocycles. The number of hydrogen-bond donors (Lipinski definition) is 2. The second-order valence-electron chi connectivity index (χ2n) is 5.18. The molecule has 0 aliphatic carbocycles. The van der Waals surface area contributed by atoms with Crippen LogP contribution in [0.2, 0.25) is 0 Å². The van der Waals surface area contributed by atoms with Gasteiger partial charge in [0.25, 0.3) is 0 Å². The number of H-pyrrole nitrogens is 1. The van der Waals surface area contributed by atoms with Crippen molar-refractivity contribution in [2.24, 2.45) is 0 Å². The Labute approximate surface area is 126 Å². The van der Waals surface area contributed by atoms with Gasteiger partial charge in [0.2, 0.25) is 0 Å². The van der Waals surface area contributed by atoms with Crippen molar-refractivity contribution >= 4 is 16.9 Å². The molecule has 3 N–H and O–H groups in total. The zero-order chi connectivity index (χ0) is 14.9. The molecule has 1 fully saturated rings. The number of benzene rings is 1. The first-order chi connectivity index (χ1) is 10.8. The average molecular weight is 297 g/mol. The summed E-state index contributed by atoms with van der Waals surface area (Å²) in [6, 6.07) is 7.79. The number of anilines is 1. The van der Waals surface area contributed by atoms with Crippen LogP contribution in [0.25, 0.3) is 22.3 Å². The lowest BCUT2D eigenvalue weighted by Crippen LogP contribution is -2.15. The van der Waals surface area contributed by atoms with Gasteiger partial charge in [0, 0.05) is 12.0 Å². The number of ether oxygens (including phenoxy) is 2. The van der Waals surface area contributed by atoms with Crippen LogP contribution in [0, 0.1) is 0 Å². The summed E-state index contributed by atoms with van der Waals surface area (Å²) in [6.45, 7) is 1.42. The second-order valence-corrected chi connectivity index (χ2v) is 5.18. The van der Waals surface area contributed by atoms with E-state index in [9.17, 15) is 0 Å². The van der Waals surface area contributed by atoms with Crippen LogP contribution in [0.1, 0.15) is 6.42 Å². The third-order valence-electron chi connectivity index (χ3n) is 3.71. The SMILES string of the molecule is Nc1ncnc2n[nH]c(-c3ccc(OC4CCOC4)cc3)c12. The molecule has 0 bridgehead atoms. The van der Waals surface area contributed by atoms with Crippen LogP contribution in [0.5, 0.6) is 5.75 Å². The fourth-order valence-corrected chi connectivity index (χ4v) is 2.59. The van der Waals surface area contributed by atoms with Crippen LogP contribution in [0.4, 0.5) is 5.82 Å². The van der Waals surface area contributed by atoms with Crippen LogP contribution in [0.15, 0.2) is 30.6 Å². The molecule has 0 amide bonds. The van der Waals surface area contributed by atoms with Gasteiger partial charge in [-0.25, -0.2) is 9.97 Å². The maximum Gasteiger partial charge on any atom is 0.186 e. The first kappa shape index (κ1) is 13.0. The Bertz CT molecular complexity index is 793. The predicted molar refractivity (Wildman–Crippen MR) is 81.4 cm³/mol. The molecule has 4 rings (SSSR count). The molecule has 2 aromatic heterocycles. The molecular formula is C15H15N5O2. The highest BCUT2D eigenvalue weighted by atomic mass is 16.5. The van der Waals surface area contributed by atoms with E-state index in [0.29, 0.717) is 18.1 Å². The lowest BCUT2D eigenvalue weighted by atomic mass is 10.1. The van der Waals surface area contributed by atoms with Crippen molar-refractivity contribution in [3.8, 4) is 17.0 Å². The molecule has 1 saturated heterocycles. The number of aromatic nitrogens is 4. The Kier molecular flexibility index (Phi) is 3.12. The monoisotopic (exact) mass is 297 g/mol. The van der Waals surface area contributed by atoms with Crippen LogP contribution >= 0.6 is 0 Å². The molecule has 7 nitrogen and oxygen atoms in total. The summed E-state index contributed by atoms with van der Waals surface area (Å²) >= 11 is 0. The van der Waals surface area contributed by atoms with Gasteiger partial charge in [0.15, 0.2) is 5.65 Å². The largest absolute Gasteiger partial charge is 0.488 e. The highest BCUT2D eigenvalue weighted by Crippen LogP contribution is 2.29. The minimum absolute atomic E-state index is 0.142. The van der Waals surface area contributed by atoms with Crippen molar-refractivity contribution in [2.75, 3.05) is 18.9 Å². The smallest absolute Gasteiger partial charge is 0.186 e. The molecule has 0 spiro atoms. The van der Waals surface area contributed by atoms with Gasteiger partial charge in [0.1, 0.15) is 24.0 Å². The van der Waals surface area contributed by atoms with Gasteiger partial charge in [-0.15, -0.1) is 0 Å². The number of fused-ring (bicyclic) bond motifs is 1. The zero-order valence-electron chi connectivity index (χ0n) is 11.8. The minimum Gasteiger partial charge on any atom is -0.488 e. The highest BCUT2D eigenvalue weighted by Gasteiger charge is 2.17. The number of rotatable bonds is 3. The Balaban J connectivity index is 1.64. The zero-order valence-corrected chi connectivity index (χ0v) is 11.8. The first-order valence-corrected chi connectivity index (χ1v) is 7.10. The van der Waals surface area contributed by atoms with Gasteiger partial charge in [-0.1, -0.05) is 0 Å². The molecule has 1 aliphatic rings. The van der Waals surface area contributed by atoms with E-state index < -0.39 is 0 Å². The summed E-state index contributed by atoms with van der Waals surface area (Å²) in [7, 11) is 0. The van der Waals surface area contributed by atoms with Crippen LogP contribution in [-0.2, 0) is 4.74 Å². The molecule has 22 heavy (non-hydrogen) atoms. The van der Waals surface area contributed by atoms with E-state index in [2.05, 4.69) is 20.2 Å². The molecule has 3 heterocycles. The van der Waals surface area contributed by atoms with E-state index in [1.54, 1.807) is 0 Å². The van der Waals surface area contributed by atoms with E-state index in [-0.39, 0.29) is 6.10 Å². The van der Waals surface area contributed by atoms with Gasteiger partial charge < -0.3 is 15.2 Å². The standard InChI is InChI=1S/C15H15N5O2/c16-14-12-13(19-20-15(12)18-8-17-14)9-1-3-10(4-2-9)22-11-5-6-21-7-11/h1-4,8,11H,5-7H2,(H3,16,17,18,19,20). The van der Waals surface area contributed by atoms with E-state index in [0.717, 1.165) is 35.4 Å².